The summed E-state index contributed by atoms with van der Waals surface area (Å²) in [6, 6.07) is 7.61. The first-order chi connectivity index (χ1) is 11.6. The molecule has 1 aliphatic rings. The van der Waals surface area contributed by atoms with E-state index in [2.05, 4.69) is 15.2 Å². The second-order valence-electron chi connectivity index (χ2n) is 5.61. The minimum atomic E-state index is -0.349. The maximum atomic E-state index is 12.6. The summed E-state index contributed by atoms with van der Waals surface area (Å²) < 4.78 is 5.64. The molecule has 0 aliphatic carbocycles. The molecule has 0 atom stereocenters. The SMILES string of the molecule is Cc1cccc(OCCN2C(=O)c3cnc4[nH]ncc4c3C2=O)c1. The van der Waals surface area contributed by atoms with Crippen molar-refractivity contribution in [3.05, 3.63) is 53.3 Å². The number of H-pyrrole nitrogens is 1. The summed E-state index contributed by atoms with van der Waals surface area (Å²) in [5.41, 5.74) is 2.24. The van der Waals surface area contributed by atoms with Crippen molar-refractivity contribution in [2.75, 3.05) is 13.2 Å². The highest BCUT2D eigenvalue weighted by Gasteiger charge is 2.37. The molecule has 7 heteroatoms. The third kappa shape index (κ3) is 2.21. The third-order valence-electron chi connectivity index (χ3n) is 3.99. The number of benzene rings is 1. The standard InChI is InChI=1S/C17H14N4O3/c1-10-3-2-4-11(7-10)24-6-5-21-16(22)13-8-18-15-12(9-19-20-15)14(13)17(21)23/h2-4,7-9H,5-6H2,1H3,(H,18,19,20). The number of hydrogen-bond donors (Lipinski definition) is 1. The number of aryl methyl sites for hydroxylation is 1. The zero-order valence-electron chi connectivity index (χ0n) is 12.9. The van der Waals surface area contributed by atoms with Gasteiger partial charge in [0.2, 0.25) is 0 Å². The predicted octanol–water partition coefficient (Wildman–Crippen LogP) is 1.94. The normalized spacial score (nSPS) is 13.6. The lowest BCUT2D eigenvalue weighted by atomic mass is 10.1. The molecule has 7 nitrogen and oxygen atoms in total. The van der Waals surface area contributed by atoms with Crippen molar-refractivity contribution in [1.82, 2.24) is 20.1 Å². The topological polar surface area (TPSA) is 88.2 Å². The van der Waals surface area contributed by atoms with Crippen molar-refractivity contribution in [2.45, 2.75) is 6.92 Å². The fourth-order valence-corrected chi connectivity index (χ4v) is 2.83. The van der Waals surface area contributed by atoms with Gasteiger partial charge < -0.3 is 4.74 Å². The van der Waals surface area contributed by atoms with Gasteiger partial charge in [-0.05, 0) is 24.6 Å². The van der Waals surface area contributed by atoms with Gasteiger partial charge in [-0.25, -0.2) is 4.98 Å². The number of nitrogens with one attached hydrogen (secondary N) is 1. The number of hydrogen-bond acceptors (Lipinski definition) is 5. The van der Waals surface area contributed by atoms with Crippen LogP contribution < -0.4 is 4.74 Å². The zero-order chi connectivity index (χ0) is 16.7. The fourth-order valence-electron chi connectivity index (χ4n) is 2.83. The Hall–Kier alpha value is -3.22. The summed E-state index contributed by atoms with van der Waals surface area (Å²) in [4.78, 5) is 30.4. The molecule has 4 rings (SSSR count). The minimum absolute atomic E-state index is 0.180. The van der Waals surface area contributed by atoms with Crippen molar-refractivity contribution < 1.29 is 14.3 Å². The highest BCUT2D eigenvalue weighted by atomic mass is 16.5. The van der Waals surface area contributed by atoms with Crippen molar-refractivity contribution in [3.8, 4) is 5.75 Å². The van der Waals surface area contributed by atoms with Gasteiger partial charge in [0.25, 0.3) is 11.8 Å². The van der Waals surface area contributed by atoms with Crippen LogP contribution >= 0.6 is 0 Å². The molecule has 0 saturated heterocycles. The number of fused-ring (bicyclic) bond motifs is 3. The van der Waals surface area contributed by atoms with E-state index in [9.17, 15) is 9.59 Å². The first-order valence-electron chi connectivity index (χ1n) is 7.53. The summed E-state index contributed by atoms with van der Waals surface area (Å²) in [7, 11) is 0. The van der Waals surface area contributed by atoms with E-state index in [-0.39, 0.29) is 25.0 Å². The van der Waals surface area contributed by atoms with E-state index in [1.165, 1.54) is 17.3 Å². The third-order valence-corrected chi connectivity index (χ3v) is 3.99. The van der Waals surface area contributed by atoms with Crippen LogP contribution in [0, 0.1) is 6.92 Å². The van der Waals surface area contributed by atoms with E-state index >= 15 is 0 Å². The Bertz CT molecular complexity index is 963. The molecule has 0 saturated carbocycles. The second-order valence-corrected chi connectivity index (χ2v) is 5.61. The van der Waals surface area contributed by atoms with Crippen LogP contribution in [0.4, 0.5) is 0 Å². The van der Waals surface area contributed by atoms with E-state index in [1.54, 1.807) is 0 Å². The molecule has 0 spiro atoms. The first-order valence-corrected chi connectivity index (χ1v) is 7.53. The quantitative estimate of drug-likeness (QED) is 0.742. The molecule has 0 unspecified atom stereocenters. The summed E-state index contributed by atoms with van der Waals surface area (Å²) in [6.07, 6.45) is 2.93. The maximum absolute atomic E-state index is 12.6. The molecule has 24 heavy (non-hydrogen) atoms. The molecule has 2 aromatic heterocycles. The van der Waals surface area contributed by atoms with Crippen LogP contribution in [0.3, 0.4) is 0 Å². The van der Waals surface area contributed by atoms with E-state index < -0.39 is 0 Å². The molecule has 2 amide bonds. The number of rotatable bonds is 4. The molecule has 0 bridgehead atoms. The molecule has 3 heterocycles. The number of imide groups is 1. The van der Waals surface area contributed by atoms with Gasteiger partial charge in [-0.2, -0.15) is 5.10 Å². The number of carbonyl (C=O) groups is 2. The Morgan fingerprint density at radius 2 is 2.08 bits per heavy atom. The number of ether oxygens (including phenoxy) is 1. The van der Waals surface area contributed by atoms with Crippen LogP contribution in [0.2, 0.25) is 0 Å². The van der Waals surface area contributed by atoms with E-state index in [1.807, 2.05) is 31.2 Å². The van der Waals surface area contributed by atoms with Gasteiger partial charge in [0, 0.05) is 6.20 Å². The van der Waals surface area contributed by atoms with Crippen molar-refractivity contribution >= 4 is 22.8 Å². The molecule has 1 N–H and O–H groups in total. The number of nitrogens with zero attached hydrogens (tertiary/aromatic N) is 3. The zero-order valence-corrected chi connectivity index (χ0v) is 12.9. The number of amides is 2. The Morgan fingerprint density at radius 3 is 2.92 bits per heavy atom. The lowest BCUT2D eigenvalue weighted by molar-refractivity contribution is 0.0632. The van der Waals surface area contributed by atoms with Gasteiger partial charge in [0.1, 0.15) is 12.4 Å². The Balaban J connectivity index is 1.53. The Kier molecular flexibility index (Phi) is 3.26. The van der Waals surface area contributed by atoms with Crippen molar-refractivity contribution in [1.29, 1.82) is 0 Å². The van der Waals surface area contributed by atoms with Crippen molar-refractivity contribution in [3.63, 3.8) is 0 Å². The van der Waals surface area contributed by atoms with Gasteiger partial charge in [0.05, 0.1) is 29.3 Å². The summed E-state index contributed by atoms with van der Waals surface area (Å²) in [6.45, 7) is 2.39. The summed E-state index contributed by atoms with van der Waals surface area (Å²) >= 11 is 0. The Labute approximate surface area is 137 Å². The monoisotopic (exact) mass is 322 g/mol. The predicted molar refractivity (Wildman–Crippen MR) is 85.9 cm³/mol. The van der Waals surface area contributed by atoms with Gasteiger partial charge in [0.15, 0.2) is 5.65 Å². The molecule has 120 valence electrons. The molecule has 1 aromatic carbocycles. The lowest BCUT2D eigenvalue weighted by Gasteiger charge is -2.14. The van der Waals surface area contributed by atoms with Gasteiger partial charge in [-0.15, -0.1) is 0 Å². The molecule has 1 aliphatic heterocycles. The minimum Gasteiger partial charge on any atom is -0.492 e. The average molecular weight is 322 g/mol. The molecule has 3 aromatic rings. The van der Waals surface area contributed by atoms with Gasteiger partial charge in [-0.3, -0.25) is 19.6 Å². The fraction of sp³-hybridized carbons (Fsp3) is 0.176. The van der Waals surface area contributed by atoms with Crippen LogP contribution in [0.15, 0.2) is 36.7 Å². The van der Waals surface area contributed by atoms with E-state index in [0.717, 1.165) is 5.56 Å². The highest BCUT2D eigenvalue weighted by molar-refractivity contribution is 6.25. The number of aromatic nitrogens is 3. The number of pyridine rings is 1. The van der Waals surface area contributed by atoms with Gasteiger partial charge in [-0.1, -0.05) is 12.1 Å². The summed E-state index contributed by atoms with van der Waals surface area (Å²) in [5.74, 6) is 0.0283. The van der Waals surface area contributed by atoms with Crippen LogP contribution in [-0.2, 0) is 0 Å². The van der Waals surface area contributed by atoms with Gasteiger partial charge >= 0.3 is 0 Å². The molecule has 0 fully saturated rings. The number of aromatic amines is 1. The largest absolute Gasteiger partial charge is 0.492 e. The average Bonchev–Trinajstić information content (AvgIpc) is 3.13. The van der Waals surface area contributed by atoms with Crippen LogP contribution in [-0.4, -0.2) is 45.0 Å². The van der Waals surface area contributed by atoms with E-state index in [4.69, 9.17) is 4.74 Å². The van der Waals surface area contributed by atoms with Crippen LogP contribution in [0.25, 0.3) is 11.0 Å². The second kappa shape index (κ2) is 5.45. The maximum Gasteiger partial charge on any atom is 0.263 e. The van der Waals surface area contributed by atoms with Crippen molar-refractivity contribution in [2.24, 2.45) is 0 Å². The molecule has 0 radical (unpaired) electrons. The number of carbonyl (C=O) groups excluding carboxylic acids is 2. The summed E-state index contributed by atoms with van der Waals surface area (Å²) in [5, 5.41) is 7.14. The van der Waals surface area contributed by atoms with E-state index in [0.29, 0.717) is 27.9 Å². The first kappa shape index (κ1) is 14.4. The van der Waals surface area contributed by atoms with Crippen LogP contribution in [0.5, 0.6) is 5.75 Å². The molecular weight excluding hydrogens is 308 g/mol. The van der Waals surface area contributed by atoms with Crippen LogP contribution in [0.1, 0.15) is 26.3 Å². The smallest absolute Gasteiger partial charge is 0.263 e. The Morgan fingerprint density at radius 1 is 1.21 bits per heavy atom. The lowest BCUT2D eigenvalue weighted by Crippen LogP contribution is -2.33. The highest BCUT2D eigenvalue weighted by Crippen LogP contribution is 2.27. The molecular formula is C17H14N4O3.